The molecule has 1 aliphatic heterocycles. The molecule has 4 rings (SSSR count). The van der Waals surface area contributed by atoms with E-state index in [4.69, 9.17) is 14.7 Å². The van der Waals surface area contributed by atoms with E-state index in [9.17, 15) is 4.79 Å². The summed E-state index contributed by atoms with van der Waals surface area (Å²) in [5, 5.41) is 0. The van der Waals surface area contributed by atoms with Crippen LogP contribution in [-0.4, -0.2) is 47.6 Å². The smallest absolute Gasteiger partial charge is 0.213 e. The van der Waals surface area contributed by atoms with Crippen molar-refractivity contribution >= 4 is 17.2 Å². The minimum absolute atomic E-state index is 0.0867. The van der Waals surface area contributed by atoms with Crippen molar-refractivity contribution < 1.29 is 9.53 Å². The van der Waals surface area contributed by atoms with Gasteiger partial charge in [0, 0.05) is 35.5 Å². The van der Waals surface area contributed by atoms with Crippen LogP contribution in [0.3, 0.4) is 0 Å². The number of nitrogens with zero attached hydrogens (tertiary/aromatic N) is 3. The Morgan fingerprint density at radius 3 is 2.46 bits per heavy atom. The molecule has 1 aliphatic carbocycles. The fourth-order valence-electron chi connectivity index (χ4n) is 4.86. The number of allylic oxidation sites excluding steroid dienone is 2. The molecule has 0 unspecified atom stereocenters. The first kappa shape index (κ1) is 28.5. The van der Waals surface area contributed by atoms with Crippen molar-refractivity contribution in [2.45, 2.75) is 73.1 Å². The van der Waals surface area contributed by atoms with Crippen molar-refractivity contribution in [3.63, 3.8) is 0 Å². The molecule has 5 heteroatoms. The maximum atomic E-state index is 11.6. The molecule has 1 fully saturated rings. The topological polar surface area (TPSA) is 54.8 Å². The van der Waals surface area contributed by atoms with Crippen LogP contribution >= 0.6 is 0 Å². The number of piperidine rings is 1. The number of pyridine rings is 1. The molecule has 1 aromatic heterocycles. The van der Waals surface area contributed by atoms with Gasteiger partial charge < -0.3 is 4.74 Å². The van der Waals surface area contributed by atoms with E-state index in [0.717, 1.165) is 79.4 Å². The molecule has 2 heterocycles. The van der Waals surface area contributed by atoms with Crippen LogP contribution in [0.15, 0.2) is 64.7 Å². The Morgan fingerprint density at radius 2 is 1.78 bits per heavy atom. The second-order valence-electron chi connectivity index (χ2n) is 9.84. The van der Waals surface area contributed by atoms with E-state index >= 15 is 0 Å². The van der Waals surface area contributed by atoms with Crippen LogP contribution in [-0.2, 0) is 0 Å². The second kappa shape index (κ2) is 14.0. The van der Waals surface area contributed by atoms with E-state index < -0.39 is 0 Å². The van der Waals surface area contributed by atoms with Gasteiger partial charge in [-0.3, -0.25) is 14.7 Å². The quantitative estimate of drug-likeness (QED) is 0.275. The van der Waals surface area contributed by atoms with Gasteiger partial charge in [-0.1, -0.05) is 32.1 Å². The van der Waals surface area contributed by atoms with E-state index in [1.165, 1.54) is 11.1 Å². The molecule has 2 aliphatic rings. The average Bonchev–Trinajstić information content (AvgIpc) is 2.91. The monoisotopic (exact) mass is 501 g/mol. The number of hydrogen-bond acceptors (Lipinski definition) is 5. The van der Waals surface area contributed by atoms with Crippen LogP contribution in [0.1, 0.15) is 87.8 Å². The summed E-state index contributed by atoms with van der Waals surface area (Å²) in [6, 6.07) is 11.9. The number of carbonyl (C=O) groups is 1. The molecule has 0 N–H and O–H groups in total. The molecule has 0 atom stereocenters. The number of aliphatic imine (C=N–C) groups is 1. The molecule has 0 spiro atoms. The number of ether oxygens (including phenoxy) is 1. The molecule has 1 aromatic carbocycles. The Hall–Kier alpha value is -3.05. The van der Waals surface area contributed by atoms with Crippen molar-refractivity contribution in [1.82, 2.24) is 9.88 Å². The van der Waals surface area contributed by atoms with Gasteiger partial charge in [-0.2, -0.15) is 0 Å². The van der Waals surface area contributed by atoms with Gasteiger partial charge in [0.2, 0.25) is 5.88 Å². The molecule has 198 valence electrons. The van der Waals surface area contributed by atoms with Crippen LogP contribution in [0.4, 0.5) is 5.69 Å². The fraction of sp³-hybridized carbons (Fsp3) is 0.469. The van der Waals surface area contributed by atoms with Gasteiger partial charge in [0.05, 0.1) is 5.69 Å². The van der Waals surface area contributed by atoms with E-state index in [1.54, 1.807) is 6.92 Å². The lowest BCUT2D eigenvalue weighted by Gasteiger charge is -2.31. The molecule has 2 aromatic rings. The molecule has 0 saturated carbocycles. The maximum Gasteiger partial charge on any atom is 0.213 e. The van der Waals surface area contributed by atoms with Gasteiger partial charge in [0.25, 0.3) is 0 Å². The summed E-state index contributed by atoms with van der Waals surface area (Å²) >= 11 is 0. The summed E-state index contributed by atoms with van der Waals surface area (Å²) in [4.78, 5) is 23.7. The third-order valence-corrected chi connectivity index (χ3v) is 7.01. The highest BCUT2D eigenvalue weighted by Gasteiger charge is 2.22. The van der Waals surface area contributed by atoms with Crippen molar-refractivity contribution in [2.75, 3.05) is 26.2 Å². The number of rotatable bonds is 8. The van der Waals surface area contributed by atoms with Crippen molar-refractivity contribution in [3.05, 3.63) is 76.5 Å². The summed E-state index contributed by atoms with van der Waals surface area (Å²) in [7, 11) is 0. The zero-order chi connectivity index (χ0) is 26.8. The van der Waals surface area contributed by atoms with Crippen molar-refractivity contribution in [3.8, 4) is 5.88 Å². The van der Waals surface area contributed by atoms with Crippen molar-refractivity contribution in [1.29, 1.82) is 0 Å². The van der Waals surface area contributed by atoms with Crippen LogP contribution in [0, 0.1) is 6.92 Å². The summed E-state index contributed by atoms with van der Waals surface area (Å²) in [6.07, 6.45) is 8.96. The zero-order valence-electron chi connectivity index (χ0n) is 23.5. The number of carbonyl (C=O) groups excluding carboxylic acids is 1. The average molecular weight is 502 g/mol. The Labute approximate surface area is 223 Å². The molecule has 0 radical (unpaired) electrons. The van der Waals surface area contributed by atoms with Gasteiger partial charge in [0.1, 0.15) is 6.61 Å². The highest BCUT2D eigenvalue weighted by molar-refractivity contribution is 5.95. The second-order valence-corrected chi connectivity index (χ2v) is 9.84. The summed E-state index contributed by atoms with van der Waals surface area (Å²) < 4.78 is 6.04. The van der Waals surface area contributed by atoms with Crippen LogP contribution in [0.2, 0.25) is 0 Å². The third-order valence-electron chi connectivity index (χ3n) is 7.01. The van der Waals surface area contributed by atoms with E-state index in [0.29, 0.717) is 12.5 Å². The third kappa shape index (κ3) is 8.22. The van der Waals surface area contributed by atoms with Gasteiger partial charge in [0.15, 0.2) is 5.78 Å². The minimum atomic E-state index is 0.0867. The number of hydrogen-bond donors (Lipinski definition) is 0. The first-order valence-electron chi connectivity index (χ1n) is 13.7. The Kier molecular flexibility index (Phi) is 10.8. The Bertz CT molecular complexity index is 1150. The highest BCUT2D eigenvalue weighted by Crippen LogP contribution is 2.28. The first-order valence-corrected chi connectivity index (χ1v) is 13.7. The predicted octanol–water partition coefficient (Wildman–Crippen LogP) is 7.64. The van der Waals surface area contributed by atoms with Crippen LogP contribution in [0.25, 0.3) is 0 Å². The number of aryl methyl sites for hydroxylation is 1. The first-order chi connectivity index (χ1) is 17.9. The number of aromatic nitrogens is 1. The van der Waals surface area contributed by atoms with Gasteiger partial charge in [-0.15, -0.1) is 0 Å². The summed E-state index contributed by atoms with van der Waals surface area (Å²) in [6.45, 7) is 15.4. The van der Waals surface area contributed by atoms with Gasteiger partial charge in [-0.25, -0.2) is 4.98 Å². The lowest BCUT2D eigenvalue weighted by molar-refractivity contribution is 0.101. The van der Waals surface area contributed by atoms with Gasteiger partial charge in [-0.05, 0) is 107 Å². The predicted molar refractivity (Wildman–Crippen MR) is 155 cm³/mol. The lowest BCUT2D eigenvalue weighted by Crippen LogP contribution is -2.36. The number of Topliss-reactive ketones (excluding diaryl/α,β-unsaturated/α-hetero) is 1. The number of ketones is 1. The molecule has 37 heavy (non-hydrogen) atoms. The summed E-state index contributed by atoms with van der Waals surface area (Å²) in [5.41, 5.74) is 7.55. The number of benzene rings is 1. The van der Waals surface area contributed by atoms with Crippen molar-refractivity contribution in [2.24, 2.45) is 4.99 Å². The Morgan fingerprint density at radius 1 is 1.05 bits per heavy atom. The molecule has 0 bridgehead atoms. The normalized spacial score (nSPS) is 16.9. The SMILES string of the molecule is CC.CC(=O)c1ccc(N=C(C)CN2CCC(c3cccc(OCC4=CCCC=C4C)n3)CC2)c(C)c1. The largest absolute Gasteiger partial charge is 0.473 e. The number of likely N-dealkylation sites (tertiary alicyclic amines) is 1. The zero-order valence-corrected chi connectivity index (χ0v) is 23.5. The fourth-order valence-corrected chi connectivity index (χ4v) is 4.86. The molecular formula is C32H43N3O2. The van der Waals surface area contributed by atoms with Crippen LogP contribution in [0.5, 0.6) is 5.88 Å². The molecule has 5 nitrogen and oxygen atoms in total. The lowest BCUT2D eigenvalue weighted by atomic mass is 9.93. The van der Waals surface area contributed by atoms with E-state index in [2.05, 4.69) is 43.0 Å². The highest BCUT2D eigenvalue weighted by atomic mass is 16.5. The standard InChI is InChI=1S/C30H37N3O2.C2H6/c1-21-8-5-6-9-27(21)20-35-30-11-7-10-29(32-30)25-14-16-33(17-15-25)19-23(3)31-28-13-12-26(24(4)34)18-22(28)2;1-2/h7-13,18,25H,5-6,14-17,19-20H2,1-4H3;1-2H3. The molecule has 1 saturated heterocycles. The van der Waals surface area contributed by atoms with Crippen LogP contribution < -0.4 is 4.74 Å². The minimum Gasteiger partial charge on any atom is -0.473 e. The Balaban J connectivity index is 0.00000186. The summed E-state index contributed by atoms with van der Waals surface area (Å²) in [5.74, 6) is 1.27. The molecule has 0 amide bonds. The maximum absolute atomic E-state index is 11.6. The molecular weight excluding hydrogens is 458 g/mol. The van der Waals surface area contributed by atoms with Gasteiger partial charge >= 0.3 is 0 Å². The van der Waals surface area contributed by atoms with E-state index in [-0.39, 0.29) is 5.78 Å². The van der Waals surface area contributed by atoms with E-state index in [1.807, 2.05) is 45.0 Å².